The molecule has 0 saturated heterocycles. The van der Waals surface area contributed by atoms with Gasteiger partial charge in [-0.25, -0.2) is 9.97 Å². The number of pyridine rings is 1. The van der Waals surface area contributed by atoms with E-state index in [1.165, 1.54) is 25.7 Å². The van der Waals surface area contributed by atoms with Crippen LogP contribution in [0, 0.1) is 0 Å². The number of fused-ring (bicyclic) bond motifs is 1. The maximum absolute atomic E-state index is 5.48. The number of hydrogen-bond acceptors (Lipinski definition) is 5. The smallest absolute Gasteiger partial charge is 0.154 e. The van der Waals surface area contributed by atoms with Crippen LogP contribution < -0.4 is 5.32 Å². The third kappa shape index (κ3) is 2.37. The van der Waals surface area contributed by atoms with E-state index in [-0.39, 0.29) is 0 Å². The lowest BCUT2D eigenvalue weighted by Crippen LogP contribution is -2.02. The van der Waals surface area contributed by atoms with E-state index in [1.54, 1.807) is 12.5 Å². The van der Waals surface area contributed by atoms with Crippen LogP contribution in [0.3, 0.4) is 0 Å². The lowest BCUT2D eigenvalue weighted by atomic mass is 10.1. The van der Waals surface area contributed by atoms with Crippen LogP contribution in [0.2, 0.25) is 0 Å². The zero-order valence-electron chi connectivity index (χ0n) is 11.7. The maximum Gasteiger partial charge on any atom is 0.154 e. The van der Waals surface area contributed by atoms with Crippen molar-refractivity contribution >= 4 is 16.9 Å². The SMILES string of the molecule is c1cc2[nH]cnc2c(NCc2cc(C3CCCC3)on2)n1. The van der Waals surface area contributed by atoms with Gasteiger partial charge in [-0.2, -0.15) is 0 Å². The minimum atomic E-state index is 0.555. The number of imidazole rings is 1. The van der Waals surface area contributed by atoms with Gasteiger partial charge in [0.05, 0.1) is 18.4 Å². The molecule has 0 unspecified atom stereocenters. The van der Waals surface area contributed by atoms with E-state index in [0.717, 1.165) is 28.3 Å². The van der Waals surface area contributed by atoms with E-state index in [0.29, 0.717) is 12.5 Å². The summed E-state index contributed by atoms with van der Waals surface area (Å²) in [5.41, 5.74) is 2.72. The van der Waals surface area contributed by atoms with Crippen molar-refractivity contribution in [2.45, 2.75) is 38.1 Å². The molecule has 0 bridgehead atoms. The molecule has 6 nitrogen and oxygen atoms in total. The van der Waals surface area contributed by atoms with Gasteiger partial charge in [-0.05, 0) is 18.9 Å². The second-order valence-corrected chi connectivity index (χ2v) is 5.51. The highest BCUT2D eigenvalue weighted by molar-refractivity contribution is 5.84. The summed E-state index contributed by atoms with van der Waals surface area (Å²) in [5, 5.41) is 7.43. The van der Waals surface area contributed by atoms with E-state index in [9.17, 15) is 0 Å². The second-order valence-electron chi connectivity index (χ2n) is 5.51. The third-order valence-electron chi connectivity index (χ3n) is 4.11. The molecule has 108 valence electrons. The molecule has 1 aliphatic rings. The van der Waals surface area contributed by atoms with Crippen LogP contribution in [-0.4, -0.2) is 20.1 Å². The molecule has 4 rings (SSSR count). The predicted molar refractivity (Wildman–Crippen MR) is 78.9 cm³/mol. The Morgan fingerprint density at radius 1 is 1.29 bits per heavy atom. The van der Waals surface area contributed by atoms with Crippen molar-refractivity contribution in [3.8, 4) is 0 Å². The van der Waals surface area contributed by atoms with Gasteiger partial charge < -0.3 is 14.8 Å². The summed E-state index contributed by atoms with van der Waals surface area (Å²) < 4.78 is 5.48. The van der Waals surface area contributed by atoms with Gasteiger partial charge in [0.15, 0.2) is 5.82 Å². The van der Waals surface area contributed by atoms with Gasteiger partial charge in [0.2, 0.25) is 0 Å². The Morgan fingerprint density at radius 3 is 3.10 bits per heavy atom. The Kier molecular flexibility index (Phi) is 3.06. The van der Waals surface area contributed by atoms with E-state index >= 15 is 0 Å². The number of H-pyrrole nitrogens is 1. The van der Waals surface area contributed by atoms with Gasteiger partial charge in [0.1, 0.15) is 17.0 Å². The molecule has 0 spiro atoms. The van der Waals surface area contributed by atoms with E-state index < -0.39 is 0 Å². The zero-order chi connectivity index (χ0) is 14.1. The second kappa shape index (κ2) is 5.20. The molecule has 3 aromatic heterocycles. The average Bonchev–Trinajstić information content (AvgIpc) is 3.23. The molecule has 0 aliphatic heterocycles. The first-order valence-corrected chi connectivity index (χ1v) is 7.37. The zero-order valence-corrected chi connectivity index (χ0v) is 11.7. The van der Waals surface area contributed by atoms with Crippen molar-refractivity contribution in [2.75, 3.05) is 5.32 Å². The van der Waals surface area contributed by atoms with Gasteiger partial charge >= 0.3 is 0 Å². The van der Waals surface area contributed by atoms with Gasteiger partial charge in [-0.15, -0.1) is 0 Å². The van der Waals surface area contributed by atoms with Crippen LogP contribution in [0.5, 0.6) is 0 Å². The van der Waals surface area contributed by atoms with Crippen molar-refractivity contribution < 1.29 is 4.52 Å². The van der Waals surface area contributed by atoms with Gasteiger partial charge in [-0.1, -0.05) is 18.0 Å². The van der Waals surface area contributed by atoms with Crippen LogP contribution in [-0.2, 0) is 6.54 Å². The number of nitrogens with zero attached hydrogens (tertiary/aromatic N) is 3. The number of hydrogen-bond donors (Lipinski definition) is 2. The largest absolute Gasteiger partial charge is 0.362 e. The lowest BCUT2D eigenvalue weighted by Gasteiger charge is -2.03. The molecular weight excluding hydrogens is 266 g/mol. The molecule has 21 heavy (non-hydrogen) atoms. The standard InChI is InChI=1S/C15H17N5O/c1-2-4-10(3-1)13-7-11(20-21-13)8-17-15-14-12(5-6-16-15)18-9-19-14/h5-7,9-10H,1-4,8H2,(H,16,17)(H,18,19). The van der Waals surface area contributed by atoms with Gasteiger partial charge in [-0.3, -0.25) is 0 Å². The number of aromatic nitrogens is 4. The van der Waals surface area contributed by atoms with Crippen molar-refractivity contribution in [3.63, 3.8) is 0 Å². The molecular formula is C15H17N5O. The monoisotopic (exact) mass is 283 g/mol. The Labute approximate surface area is 122 Å². The van der Waals surface area contributed by atoms with Crippen LogP contribution in [0.25, 0.3) is 11.0 Å². The fourth-order valence-electron chi connectivity index (χ4n) is 2.99. The minimum Gasteiger partial charge on any atom is -0.362 e. The quantitative estimate of drug-likeness (QED) is 0.768. The number of nitrogens with one attached hydrogen (secondary N) is 2. The van der Waals surface area contributed by atoms with E-state index in [2.05, 4.69) is 31.5 Å². The van der Waals surface area contributed by atoms with Crippen molar-refractivity contribution in [1.82, 2.24) is 20.1 Å². The number of anilines is 1. The van der Waals surface area contributed by atoms with Crippen molar-refractivity contribution in [3.05, 3.63) is 36.1 Å². The molecule has 0 atom stereocenters. The Morgan fingerprint density at radius 2 is 2.19 bits per heavy atom. The highest BCUT2D eigenvalue weighted by Gasteiger charge is 2.21. The summed E-state index contributed by atoms with van der Waals surface area (Å²) in [7, 11) is 0. The summed E-state index contributed by atoms with van der Waals surface area (Å²) in [4.78, 5) is 11.7. The van der Waals surface area contributed by atoms with Crippen LogP contribution in [0.15, 0.2) is 29.2 Å². The number of rotatable bonds is 4. The highest BCUT2D eigenvalue weighted by atomic mass is 16.5. The van der Waals surface area contributed by atoms with Gasteiger partial charge in [0.25, 0.3) is 0 Å². The maximum atomic E-state index is 5.48. The molecule has 0 radical (unpaired) electrons. The van der Waals surface area contributed by atoms with E-state index in [1.807, 2.05) is 6.07 Å². The molecule has 6 heteroatoms. The first-order valence-electron chi connectivity index (χ1n) is 7.37. The highest BCUT2D eigenvalue weighted by Crippen LogP contribution is 2.34. The third-order valence-corrected chi connectivity index (χ3v) is 4.11. The molecule has 1 saturated carbocycles. The first kappa shape index (κ1) is 12.4. The minimum absolute atomic E-state index is 0.555. The first-order chi connectivity index (χ1) is 10.4. The van der Waals surface area contributed by atoms with E-state index in [4.69, 9.17) is 4.52 Å². The molecule has 1 fully saturated rings. The van der Waals surface area contributed by atoms with Gasteiger partial charge in [0, 0.05) is 18.2 Å². The van der Waals surface area contributed by atoms with Crippen LogP contribution >= 0.6 is 0 Å². The summed E-state index contributed by atoms with van der Waals surface area (Å²) in [6, 6.07) is 3.97. The van der Waals surface area contributed by atoms with Crippen molar-refractivity contribution in [2.24, 2.45) is 0 Å². The lowest BCUT2D eigenvalue weighted by molar-refractivity contribution is 0.356. The molecule has 0 amide bonds. The Hall–Kier alpha value is -2.37. The molecule has 3 aromatic rings. The molecule has 0 aromatic carbocycles. The fraction of sp³-hybridized carbons (Fsp3) is 0.400. The number of aromatic amines is 1. The summed E-state index contributed by atoms with van der Waals surface area (Å²) in [6.07, 6.45) is 8.46. The molecule has 3 heterocycles. The summed E-state index contributed by atoms with van der Waals surface area (Å²) in [6.45, 7) is 0.592. The average molecular weight is 283 g/mol. The summed E-state index contributed by atoms with van der Waals surface area (Å²) >= 11 is 0. The van der Waals surface area contributed by atoms with Crippen LogP contribution in [0.1, 0.15) is 43.1 Å². The Balaban J connectivity index is 1.48. The predicted octanol–water partition coefficient (Wildman–Crippen LogP) is 3.22. The summed E-state index contributed by atoms with van der Waals surface area (Å²) in [5.74, 6) is 2.34. The fourth-order valence-corrected chi connectivity index (χ4v) is 2.99. The molecule has 2 N–H and O–H groups in total. The normalized spacial score (nSPS) is 15.8. The Bertz CT molecular complexity index is 741. The molecule has 1 aliphatic carbocycles. The topological polar surface area (TPSA) is 79.6 Å². The van der Waals surface area contributed by atoms with Crippen molar-refractivity contribution in [1.29, 1.82) is 0 Å². The van der Waals surface area contributed by atoms with Crippen LogP contribution in [0.4, 0.5) is 5.82 Å².